The summed E-state index contributed by atoms with van der Waals surface area (Å²) < 4.78 is 4.75. The highest BCUT2D eigenvalue weighted by molar-refractivity contribution is 5.73. The molecule has 0 N–H and O–H groups in total. The SMILES string of the molecule is COC(=O)[C@@H]1CC2CCC1C2. The van der Waals surface area contributed by atoms with Gasteiger partial charge in [-0.15, -0.1) is 0 Å². The van der Waals surface area contributed by atoms with Crippen LogP contribution in [0.1, 0.15) is 25.7 Å². The largest absolute Gasteiger partial charge is 0.469 e. The number of carbonyl (C=O) groups excluding carboxylic acids is 1. The van der Waals surface area contributed by atoms with Crippen molar-refractivity contribution in [3.05, 3.63) is 0 Å². The molecule has 2 unspecified atom stereocenters. The van der Waals surface area contributed by atoms with E-state index in [1.807, 2.05) is 0 Å². The molecule has 2 rings (SSSR count). The van der Waals surface area contributed by atoms with Crippen molar-refractivity contribution in [2.75, 3.05) is 7.11 Å². The van der Waals surface area contributed by atoms with Gasteiger partial charge in [-0.1, -0.05) is 6.42 Å². The normalized spacial score (nSPS) is 41.0. The molecular formula is C9H14O2. The average molecular weight is 154 g/mol. The lowest BCUT2D eigenvalue weighted by atomic mass is 9.89. The number of hydrogen-bond acceptors (Lipinski definition) is 2. The molecule has 2 fully saturated rings. The van der Waals surface area contributed by atoms with Gasteiger partial charge in [0.15, 0.2) is 0 Å². The Morgan fingerprint density at radius 3 is 2.64 bits per heavy atom. The molecular weight excluding hydrogens is 140 g/mol. The number of rotatable bonds is 1. The van der Waals surface area contributed by atoms with Gasteiger partial charge in [-0.3, -0.25) is 4.79 Å². The van der Waals surface area contributed by atoms with Crippen molar-refractivity contribution in [1.82, 2.24) is 0 Å². The fourth-order valence-electron chi connectivity index (χ4n) is 2.68. The summed E-state index contributed by atoms with van der Waals surface area (Å²) in [5, 5.41) is 0. The summed E-state index contributed by atoms with van der Waals surface area (Å²) in [6.45, 7) is 0. The van der Waals surface area contributed by atoms with Gasteiger partial charge in [0.25, 0.3) is 0 Å². The van der Waals surface area contributed by atoms with Gasteiger partial charge in [0.05, 0.1) is 13.0 Å². The van der Waals surface area contributed by atoms with E-state index in [0.717, 1.165) is 12.3 Å². The molecule has 2 nitrogen and oxygen atoms in total. The van der Waals surface area contributed by atoms with E-state index >= 15 is 0 Å². The van der Waals surface area contributed by atoms with Crippen LogP contribution in [0.4, 0.5) is 0 Å². The second-order valence-electron chi connectivity index (χ2n) is 3.80. The first-order chi connectivity index (χ1) is 5.31. The first-order valence-corrected chi connectivity index (χ1v) is 4.39. The lowest BCUT2D eigenvalue weighted by molar-refractivity contribution is -0.147. The van der Waals surface area contributed by atoms with Gasteiger partial charge in [-0.2, -0.15) is 0 Å². The zero-order chi connectivity index (χ0) is 7.84. The molecule has 2 heteroatoms. The topological polar surface area (TPSA) is 26.3 Å². The summed E-state index contributed by atoms with van der Waals surface area (Å²) >= 11 is 0. The Hall–Kier alpha value is -0.530. The Morgan fingerprint density at radius 2 is 2.18 bits per heavy atom. The Kier molecular flexibility index (Phi) is 1.63. The van der Waals surface area contributed by atoms with Gasteiger partial charge >= 0.3 is 5.97 Å². The van der Waals surface area contributed by atoms with Gasteiger partial charge in [0.2, 0.25) is 0 Å². The molecule has 2 bridgehead atoms. The molecule has 0 heterocycles. The van der Waals surface area contributed by atoms with Crippen LogP contribution in [0.3, 0.4) is 0 Å². The van der Waals surface area contributed by atoms with Crippen LogP contribution in [0.15, 0.2) is 0 Å². The third kappa shape index (κ3) is 1.05. The number of esters is 1. The number of carbonyl (C=O) groups is 1. The average Bonchev–Trinajstić information content (AvgIpc) is 2.62. The number of hydrogen-bond donors (Lipinski definition) is 0. The van der Waals surface area contributed by atoms with E-state index in [4.69, 9.17) is 4.74 Å². The van der Waals surface area contributed by atoms with Crippen LogP contribution < -0.4 is 0 Å². The van der Waals surface area contributed by atoms with Gasteiger partial charge in [0.1, 0.15) is 0 Å². The van der Waals surface area contributed by atoms with Crippen molar-refractivity contribution in [2.45, 2.75) is 25.7 Å². The van der Waals surface area contributed by atoms with Crippen molar-refractivity contribution < 1.29 is 9.53 Å². The molecule has 3 atom stereocenters. The van der Waals surface area contributed by atoms with Crippen molar-refractivity contribution in [3.8, 4) is 0 Å². The van der Waals surface area contributed by atoms with E-state index in [-0.39, 0.29) is 11.9 Å². The maximum Gasteiger partial charge on any atom is 0.308 e. The third-order valence-electron chi connectivity index (χ3n) is 3.24. The number of methoxy groups -OCH3 is 1. The maximum atomic E-state index is 11.2. The summed E-state index contributed by atoms with van der Waals surface area (Å²) in [6.07, 6.45) is 4.97. The van der Waals surface area contributed by atoms with Crippen molar-refractivity contribution in [2.24, 2.45) is 17.8 Å². The molecule has 0 spiro atoms. The van der Waals surface area contributed by atoms with Crippen LogP contribution in [0.25, 0.3) is 0 Å². The van der Waals surface area contributed by atoms with Gasteiger partial charge in [-0.25, -0.2) is 0 Å². The third-order valence-corrected chi connectivity index (χ3v) is 3.24. The molecule has 11 heavy (non-hydrogen) atoms. The maximum absolute atomic E-state index is 11.2. The minimum Gasteiger partial charge on any atom is -0.469 e. The fourth-order valence-corrected chi connectivity index (χ4v) is 2.68. The molecule has 62 valence electrons. The minimum atomic E-state index is 0.0252. The summed E-state index contributed by atoms with van der Waals surface area (Å²) in [5.41, 5.74) is 0. The summed E-state index contributed by atoms with van der Waals surface area (Å²) in [4.78, 5) is 11.2. The highest BCUT2D eigenvalue weighted by Gasteiger charge is 2.43. The molecule has 0 saturated heterocycles. The summed E-state index contributed by atoms with van der Waals surface area (Å²) in [6, 6.07) is 0. The van der Waals surface area contributed by atoms with Crippen LogP contribution in [0.5, 0.6) is 0 Å². The number of fused-ring (bicyclic) bond motifs is 2. The Labute approximate surface area is 66.9 Å². The molecule has 0 aromatic rings. The van der Waals surface area contributed by atoms with Gasteiger partial charge in [0, 0.05) is 0 Å². The standard InChI is InChI=1S/C9H14O2/c1-11-9(10)8-5-6-2-3-7(8)4-6/h6-8H,2-5H2,1H3/t6?,7?,8-/m1/s1. The van der Waals surface area contributed by atoms with Crippen LogP contribution in [0, 0.1) is 17.8 Å². The number of ether oxygens (including phenoxy) is 1. The first-order valence-electron chi connectivity index (χ1n) is 4.39. The predicted molar refractivity (Wildman–Crippen MR) is 41.0 cm³/mol. The minimum absolute atomic E-state index is 0.0252. The molecule has 0 aromatic heterocycles. The second-order valence-corrected chi connectivity index (χ2v) is 3.80. The molecule has 0 amide bonds. The van der Waals surface area contributed by atoms with Gasteiger partial charge in [-0.05, 0) is 31.1 Å². The van der Waals surface area contributed by atoms with Crippen LogP contribution in [0.2, 0.25) is 0 Å². The summed E-state index contributed by atoms with van der Waals surface area (Å²) in [7, 11) is 1.49. The second kappa shape index (κ2) is 2.50. The van der Waals surface area contributed by atoms with Crippen LogP contribution in [-0.4, -0.2) is 13.1 Å². The Morgan fingerprint density at radius 1 is 1.36 bits per heavy atom. The zero-order valence-electron chi connectivity index (χ0n) is 6.88. The molecule has 2 aliphatic rings. The van der Waals surface area contributed by atoms with E-state index in [9.17, 15) is 4.79 Å². The van der Waals surface area contributed by atoms with Gasteiger partial charge < -0.3 is 4.74 Å². The van der Waals surface area contributed by atoms with Crippen molar-refractivity contribution >= 4 is 5.97 Å². The highest BCUT2D eigenvalue weighted by atomic mass is 16.5. The van der Waals surface area contributed by atoms with Crippen LogP contribution >= 0.6 is 0 Å². The quantitative estimate of drug-likeness (QED) is 0.536. The monoisotopic (exact) mass is 154 g/mol. The lowest BCUT2D eigenvalue weighted by Crippen LogP contribution is -2.21. The highest BCUT2D eigenvalue weighted by Crippen LogP contribution is 2.48. The summed E-state index contributed by atoms with van der Waals surface area (Å²) in [5.74, 6) is 1.77. The zero-order valence-corrected chi connectivity index (χ0v) is 6.88. The van der Waals surface area contributed by atoms with Crippen molar-refractivity contribution in [3.63, 3.8) is 0 Å². The fraction of sp³-hybridized carbons (Fsp3) is 0.889. The van der Waals surface area contributed by atoms with E-state index in [1.165, 1.54) is 26.4 Å². The van der Waals surface area contributed by atoms with E-state index < -0.39 is 0 Å². The van der Waals surface area contributed by atoms with E-state index in [0.29, 0.717) is 5.92 Å². The first kappa shape index (κ1) is 7.14. The van der Waals surface area contributed by atoms with E-state index in [1.54, 1.807) is 0 Å². The smallest absolute Gasteiger partial charge is 0.308 e. The van der Waals surface area contributed by atoms with E-state index in [2.05, 4.69) is 0 Å². The lowest BCUT2D eigenvalue weighted by Gasteiger charge is -2.18. The predicted octanol–water partition coefficient (Wildman–Crippen LogP) is 1.60. The Balaban J connectivity index is 2.02. The van der Waals surface area contributed by atoms with Crippen molar-refractivity contribution in [1.29, 1.82) is 0 Å². The molecule has 0 aliphatic heterocycles. The molecule has 2 saturated carbocycles. The van der Waals surface area contributed by atoms with Crippen LogP contribution in [-0.2, 0) is 9.53 Å². The Bertz CT molecular complexity index is 176. The molecule has 0 radical (unpaired) electrons. The molecule has 0 aromatic carbocycles. The molecule has 2 aliphatic carbocycles.